The van der Waals surface area contributed by atoms with E-state index in [-0.39, 0.29) is 12.5 Å². The number of fused-ring (bicyclic) bond motifs is 1. The van der Waals surface area contributed by atoms with Crippen LogP contribution < -0.4 is 4.90 Å². The Labute approximate surface area is 161 Å². The average molecular weight is 364 g/mol. The molecule has 2 aliphatic heterocycles. The van der Waals surface area contributed by atoms with Crippen LogP contribution in [0.4, 0.5) is 5.69 Å². The van der Waals surface area contributed by atoms with Gasteiger partial charge in [-0.05, 0) is 66.6 Å². The van der Waals surface area contributed by atoms with Crippen molar-refractivity contribution in [1.82, 2.24) is 4.90 Å². The lowest BCUT2D eigenvalue weighted by atomic mass is 9.86. The van der Waals surface area contributed by atoms with Gasteiger partial charge in [0.15, 0.2) is 0 Å². The summed E-state index contributed by atoms with van der Waals surface area (Å²) in [5.41, 5.74) is 6.09. The van der Waals surface area contributed by atoms with E-state index in [1.54, 1.807) is 4.90 Å². The predicted molar refractivity (Wildman–Crippen MR) is 108 cm³/mol. The van der Waals surface area contributed by atoms with Crippen LogP contribution in [-0.2, 0) is 24.4 Å². The molecule has 2 aromatic rings. The fourth-order valence-corrected chi connectivity index (χ4v) is 4.55. The molecule has 1 amide bonds. The average Bonchev–Trinajstić information content (AvgIpc) is 2.71. The molecule has 1 N–H and O–H groups in total. The molecule has 4 heteroatoms. The number of anilines is 1. The minimum absolute atomic E-state index is 0.127. The van der Waals surface area contributed by atoms with Crippen LogP contribution in [0, 0.1) is 0 Å². The van der Waals surface area contributed by atoms with E-state index in [0.29, 0.717) is 12.3 Å². The first-order valence-corrected chi connectivity index (χ1v) is 9.95. The van der Waals surface area contributed by atoms with Crippen LogP contribution in [0.1, 0.15) is 47.4 Å². The van der Waals surface area contributed by atoms with Crippen molar-refractivity contribution in [3.63, 3.8) is 0 Å². The molecular weight excluding hydrogens is 336 g/mol. The topological polar surface area (TPSA) is 43.8 Å². The number of aryl methyl sites for hydroxylation is 1. The number of benzene rings is 2. The first-order chi connectivity index (χ1) is 13.2. The second kappa shape index (κ2) is 7.83. The predicted octanol–water partition coefficient (Wildman–Crippen LogP) is 3.47. The quantitative estimate of drug-likeness (QED) is 0.903. The maximum atomic E-state index is 11.9. The third-order valence-electron chi connectivity index (χ3n) is 6.15. The zero-order valence-electron chi connectivity index (χ0n) is 16.0. The van der Waals surface area contributed by atoms with Crippen molar-refractivity contribution in [2.75, 3.05) is 25.0 Å². The SMILES string of the molecule is CN1C(=O)CCc2cc(CN3CCC(c4ccccc4CO)CC3)ccc21. The van der Waals surface area contributed by atoms with Crippen LogP contribution in [0.25, 0.3) is 0 Å². The van der Waals surface area contributed by atoms with Crippen molar-refractivity contribution in [1.29, 1.82) is 0 Å². The Kier molecular flexibility index (Phi) is 5.28. The summed E-state index contributed by atoms with van der Waals surface area (Å²) in [6.45, 7) is 3.27. The number of hydrogen-bond donors (Lipinski definition) is 1. The van der Waals surface area contributed by atoms with Crippen LogP contribution in [0.15, 0.2) is 42.5 Å². The number of rotatable bonds is 4. The number of carbonyl (C=O) groups is 1. The molecule has 0 saturated carbocycles. The molecule has 0 spiro atoms. The van der Waals surface area contributed by atoms with Gasteiger partial charge in [0.2, 0.25) is 5.91 Å². The molecular formula is C23H28N2O2. The van der Waals surface area contributed by atoms with Crippen LogP contribution in [0.3, 0.4) is 0 Å². The monoisotopic (exact) mass is 364 g/mol. The van der Waals surface area contributed by atoms with Gasteiger partial charge >= 0.3 is 0 Å². The smallest absolute Gasteiger partial charge is 0.227 e. The molecule has 4 rings (SSSR count). The van der Waals surface area contributed by atoms with E-state index >= 15 is 0 Å². The molecule has 2 heterocycles. The molecule has 1 fully saturated rings. The van der Waals surface area contributed by atoms with Crippen molar-refractivity contribution in [2.45, 2.75) is 44.8 Å². The van der Waals surface area contributed by atoms with Crippen LogP contribution in [0.5, 0.6) is 0 Å². The number of aliphatic hydroxyl groups is 1. The minimum atomic E-state index is 0.127. The highest BCUT2D eigenvalue weighted by Crippen LogP contribution is 2.32. The maximum Gasteiger partial charge on any atom is 0.227 e. The maximum absolute atomic E-state index is 11.9. The normalized spacial score (nSPS) is 18.6. The number of carbonyl (C=O) groups excluding carboxylic acids is 1. The second-order valence-electron chi connectivity index (χ2n) is 7.82. The summed E-state index contributed by atoms with van der Waals surface area (Å²) in [6, 6.07) is 14.9. The van der Waals surface area contributed by atoms with Crippen molar-refractivity contribution in [3.05, 3.63) is 64.7 Å². The van der Waals surface area contributed by atoms with Gasteiger partial charge in [-0.1, -0.05) is 36.4 Å². The summed E-state index contributed by atoms with van der Waals surface area (Å²) in [6.07, 6.45) is 3.74. The molecule has 0 atom stereocenters. The standard InChI is InChI=1S/C23H28N2O2/c1-24-22-8-6-17(14-19(22)7-9-23(24)27)15-25-12-10-18(11-13-25)21-5-3-2-4-20(21)16-26/h2-6,8,14,18,26H,7,9-13,15-16H2,1H3. The Morgan fingerprint density at radius 1 is 1.07 bits per heavy atom. The van der Waals surface area contributed by atoms with Gasteiger partial charge in [-0.15, -0.1) is 0 Å². The van der Waals surface area contributed by atoms with Gasteiger partial charge in [0.25, 0.3) is 0 Å². The molecule has 0 aromatic heterocycles. The van der Waals surface area contributed by atoms with Crippen LogP contribution in [-0.4, -0.2) is 36.1 Å². The van der Waals surface area contributed by atoms with Crippen molar-refractivity contribution >= 4 is 11.6 Å². The summed E-state index contributed by atoms with van der Waals surface area (Å²) >= 11 is 0. The molecule has 0 radical (unpaired) electrons. The molecule has 4 nitrogen and oxygen atoms in total. The summed E-state index contributed by atoms with van der Waals surface area (Å²) < 4.78 is 0. The third kappa shape index (κ3) is 3.78. The van der Waals surface area contributed by atoms with E-state index < -0.39 is 0 Å². The van der Waals surface area contributed by atoms with Crippen LogP contribution in [0.2, 0.25) is 0 Å². The van der Waals surface area contributed by atoms with Gasteiger partial charge < -0.3 is 10.0 Å². The van der Waals surface area contributed by atoms with Gasteiger partial charge in [0.1, 0.15) is 0 Å². The molecule has 2 aliphatic rings. The van der Waals surface area contributed by atoms with Gasteiger partial charge in [-0.2, -0.15) is 0 Å². The number of hydrogen-bond acceptors (Lipinski definition) is 3. The van der Waals surface area contributed by atoms with Gasteiger partial charge in [-0.3, -0.25) is 9.69 Å². The van der Waals surface area contributed by atoms with Crippen molar-refractivity contribution in [3.8, 4) is 0 Å². The zero-order chi connectivity index (χ0) is 18.8. The molecule has 0 unspecified atom stereocenters. The largest absolute Gasteiger partial charge is 0.392 e. The minimum Gasteiger partial charge on any atom is -0.392 e. The van der Waals surface area contributed by atoms with E-state index in [1.807, 2.05) is 19.2 Å². The first kappa shape index (κ1) is 18.2. The van der Waals surface area contributed by atoms with Crippen molar-refractivity contribution < 1.29 is 9.90 Å². The number of aliphatic hydroxyl groups excluding tert-OH is 1. The molecule has 2 aromatic carbocycles. The van der Waals surface area contributed by atoms with Crippen LogP contribution >= 0.6 is 0 Å². The van der Waals surface area contributed by atoms with Gasteiger partial charge in [-0.25, -0.2) is 0 Å². The molecule has 0 aliphatic carbocycles. The number of likely N-dealkylation sites (tertiary alicyclic amines) is 1. The molecule has 142 valence electrons. The van der Waals surface area contributed by atoms with Gasteiger partial charge in [0.05, 0.1) is 6.61 Å². The Hall–Kier alpha value is -2.17. The highest BCUT2D eigenvalue weighted by molar-refractivity contribution is 5.95. The van der Waals surface area contributed by atoms with E-state index in [4.69, 9.17) is 0 Å². The third-order valence-corrected chi connectivity index (χ3v) is 6.15. The fraction of sp³-hybridized carbons (Fsp3) is 0.435. The molecule has 1 saturated heterocycles. The Morgan fingerprint density at radius 2 is 1.85 bits per heavy atom. The van der Waals surface area contributed by atoms with Crippen molar-refractivity contribution in [2.24, 2.45) is 0 Å². The Morgan fingerprint density at radius 3 is 2.63 bits per heavy atom. The first-order valence-electron chi connectivity index (χ1n) is 9.95. The lowest BCUT2D eigenvalue weighted by Crippen LogP contribution is -2.33. The Balaban J connectivity index is 1.39. The van der Waals surface area contributed by atoms with E-state index in [0.717, 1.165) is 50.1 Å². The number of piperidine rings is 1. The lowest BCUT2D eigenvalue weighted by molar-refractivity contribution is -0.118. The highest BCUT2D eigenvalue weighted by atomic mass is 16.3. The number of nitrogens with zero attached hydrogens (tertiary/aromatic N) is 2. The van der Waals surface area contributed by atoms with E-state index in [2.05, 4.69) is 35.2 Å². The summed E-state index contributed by atoms with van der Waals surface area (Å²) in [5.74, 6) is 0.758. The second-order valence-corrected chi connectivity index (χ2v) is 7.82. The lowest BCUT2D eigenvalue weighted by Gasteiger charge is -2.33. The fourth-order valence-electron chi connectivity index (χ4n) is 4.55. The Bertz CT molecular complexity index is 825. The van der Waals surface area contributed by atoms with Gasteiger partial charge in [0, 0.05) is 25.7 Å². The molecule has 27 heavy (non-hydrogen) atoms. The highest BCUT2D eigenvalue weighted by Gasteiger charge is 2.24. The van der Waals surface area contributed by atoms with E-state index in [9.17, 15) is 9.90 Å². The van der Waals surface area contributed by atoms with E-state index in [1.165, 1.54) is 16.7 Å². The summed E-state index contributed by atoms with van der Waals surface area (Å²) in [4.78, 5) is 16.2. The zero-order valence-corrected chi connectivity index (χ0v) is 16.0. The molecule has 0 bridgehead atoms. The summed E-state index contributed by atoms with van der Waals surface area (Å²) in [7, 11) is 1.87. The number of amides is 1. The summed E-state index contributed by atoms with van der Waals surface area (Å²) in [5, 5.41) is 9.59.